The number of amides is 1. The molecule has 17 heteroatoms. The quantitative estimate of drug-likeness (QED) is 0.0850. The van der Waals surface area contributed by atoms with Gasteiger partial charge in [0.25, 0.3) is 11.7 Å². The molecule has 2 saturated heterocycles. The Hall–Kier alpha value is -4.62. The summed E-state index contributed by atoms with van der Waals surface area (Å²) < 4.78 is 40.8. The standard InChI is InChI=1S/C59H88N2O15/c1-35-17-13-12-14-18-36(2)45(52-51(72-10)32-44(34-60-52)74-26-25-70-8)31-43-22-20-41(7)59(69,76-43)56(66)57(67)61-24-16-15-19-46(61)58(68)75-49(38(4)29-42-21-23-47(62)50(30-42)71-9)33-48(63)37(3)28-40(6)54(65)55(73-11)53(64)39(5)27-35/h12-14,17-18,28,32,34-35,37-39,41-43,45-47,49-50,54-55,62,65,69H,15-16,19-27,29-31,33H2,1-11H3/b14-12+,17-13+,36-18+,40-28+/t35-,37-,38-,39-,41-,42+,43+,45?,46+,47-,49+,50-,54-,55+,59-/m1/s1. The fraction of sp³-hybridized carbons (Fsp3) is 0.695. The van der Waals surface area contributed by atoms with E-state index in [2.05, 4.69) is 0 Å². The lowest BCUT2D eigenvalue weighted by Crippen LogP contribution is -2.60. The molecule has 1 amide bonds. The number of nitrogens with zero attached hydrogens (tertiary/aromatic N) is 2. The molecule has 2 bridgehead atoms. The first kappa shape index (κ1) is 62.2. The molecule has 1 aromatic rings. The highest BCUT2D eigenvalue weighted by molar-refractivity contribution is 6.39. The second-order valence-corrected chi connectivity index (χ2v) is 22.0. The minimum Gasteiger partial charge on any atom is -0.495 e. The van der Waals surface area contributed by atoms with E-state index in [0.29, 0.717) is 93.8 Å². The van der Waals surface area contributed by atoms with Gasteiger partial charge in [-0.15, -0.1) is 0 Å². The normalized spacial score (nSPS) is 36.2. The van der Waals surface area contributed by atoms with Crippen molar-refractivity contribution in [2.75, 3.05) is 48.2 Å². The van der Waals surface area contributed by atoms with Crippen LogP contribution in [0.5, 0.6) is 11.5 Å². The molecule has 0 aromatic carbocycles. The number of aliphatic hydroxyl groups excluding tert-OH is 2. The summed E-state index contributed by atoms with van der Waals surface area (Å²) >= 11 is 0. The van der Waals surface area contributed by atoms with Crippen LogP contribution in [0.1, 0.15) is 137 Å². The number of hydrogen-bond donors (Lipinski definition) is 3. The number of cyclic esters (lactones) is 1. The Balaban J connectivity index is 1.54. The summed E-state index contributed by atoms with van der Waals surface area (Å²) in [5.41, 5.74) is 1.80. The van der Waals surface area contributed by atoms with Crippen molar-refractivity contribution in [3.05, 3.63) is 65.6 Å². The highest BCUT2D eigenvalue weighted by atomic mass is 16.6. The van der Waals surface area contributed by atoms with Gasteiger partial charge in [-0.2, -0.15) is 0 Å². The average Bonchev–Trinajstić information content (AvgIpc) is 3.40. The zero-order chi connectivity index (χ0) is 55.9. The van der Waals surface area contributed by atoms with Gasteiger partial charge in [0.2, 0.25) is 5.79 Å². The predicted octanol–water partition coefficient (Wildman–Crippen LogP) is 7.38. The molecular formula is C59H88N2O15. The molecule has 3 N–H and O–H groups in total. The topological polar surface area (TPSA) is 227 Å². The number of esters is 1. The summed E-state index contributed by atoms with van der Waals surface area (Å²) in [5.74, 6) is -7.95. The van der Waals surface area contributed by atoms with Crippen LogP contribution in [0.3, 0.4) is 0 Å². The van der Waals surface area contributed by atoms with E-state index < -0.39 is 83.7 Å². The second kappa shape index (κ2) is 29.4. The zero-order valence-electron chi connectivity index (χ0n) is 46.9. The number of fused-ring (bicyclic) bond motifs is 3. The summed E-state index contributed by atoms with van der Waals surface area (Å²) in [6, 6.07) is 0.560. The molecule has 0 radical (unpaired) electrons. The van der Waals surface area contributed by atoms with Crippen LogP contribution in [-0.2, 0) is 47.7 Å². The van der Waals surface area contributed by atoms with Crippen LogP contribution in [0.15, 0.2) is 59.9 Å². The molecule has 4 heterocycles. The Labute approximate surface area is 450 Å². The number of methoxy groups -OCH3 is 4. The van der Waals surface area contributed by atoms with Crippen molar-refractivity contribution in [2.24, 2.45) is 35.5 Å². The Morgan fingerprint density at radius 3 is 2.32 bits per heavy atom. The van der Waals surface area contributed by atoms with Gasteiger partial charge in [0, 0.05) is 64.0 Å². The Morgan fingerprint density at radius 1 is 0.868 bits per heavy atom. The van der Waals surface area contributed by atoms with Crippen LogP contribution < -0.4 is 9.47 Å². The van der Waals surface area contributed by atoms with Crippen LogP contribution in [0.25, 0.3) is 0 Å². The summed E-state index contributed by atoms with van der Waals surface area (Å²) in [6.45, 7) is 13.4. The molecule has 17 nitrogen and oxygen atoms in total. The summed E-state index contributed by atoms with van der Waals surface area (Å²) in [5, 5.41) is 34.5. The molecular weight excluding hydrogens is 977 g/mol. The maximum atomic E-state index is 14.6. The maximum Gasteiger partial charge on any atom is 0.329 e. The molecule has 424 valence electrons. The first-order chi connectivity index (χ1) is 36.2. The molecule has 1 aliphatic carbocycles. The van der Waals surface area contributed by atoms with Gasteiger partial charge in [0.05, 0.1) is 43.9 Å². The van der Waals surface area contributed by atoms with E-state index in [0.717, 1.165) is 5.57 Å². The van der Waals surface area contributed by atoms with E-state index in [1.54, 1.807) is 53.3 Å². The van der Waals surface area contributed by atoms with Gasteiger partial charge in [-0.1, -0.05) is 76.6 Å². The van der Waals surface area contributed by atoms with Gasteiger partial charge in [-0.3, -0.25) is 24.2 Å². The van der Waals surface area contributed by atoms with Crippen molar-refractivity contribution in [3.8, 4) is 11.5 Å². The SMILES string of the molecule is COCCOc1cnc(C2C[C@@H]3CC[C@@H](C)[C@@](O)(O3)C(=O)C(=O)N3CCCC[C@H]3C(=O)O[C@H]([C@H](C)C[C@@H]3CC[C@@H](O)[C@H](OC)C3)CC(=O)[C@H](C)/C=C(\C)[C@@H](O)[C@@H](OC)C(=O)[C@H](C)C[C@H](C)/C=C/C=C/C=C/2C)c(OC)c1. The third-order valence-corrected chi connectivity index (χ3v) is 16.2. The minimum atomic E-state index is -2.52. The molecule has 4 aliphatic rings. The van der Waals surface area contributed by atoms with Gasteiger partial charge >= 0.3 is 5.97 Å². The van der Waals surface area contributed by atoms with Gasteiger partial charge in [-0.05, 0) is 108 Å². The third kappa shape index (κ3) is 16.2. The van der Waals surface area contributed by atoms with Crippen molar-refractivity contribution in [1.29, 1.82) is 0 Å². The van der Waals surface area contributed by atoms with Crippen molar-refractivity contribution in [3.63, 3.8) is 0 Å². The summed E-state index contributed by atoms with van der Waals surface area (Å²) in [7, 11) is 6.06. The van der Waals surface area contributed by atoms with Gasteiger partial charge in [-0.25, -0.2) is 4.79 Å². The number of piperidine rings is 1. The number of carbonyl (C=O) groups is 5. The smallest absolute Gasteiger partial charge is 0.329 e. The third-order valence-electron chi connectivity index (χ3n) is 16.2. The number of aliphatic hydroxyl groups is 3. The van der Waals surface area contributed by atoms with Crippen LogP contribution in [-0.4, -0.2) is 151 Å². The van der Waals surface area contributed by atoms with Crippen molar-refractivity contribution >= 4 is 29.2 Å². The first-order valence-electron chi connectivity index (χ1n) is 27.5. The van der Waals surface area contributed by atoms with Crippen molar-refractivity contribution in [2.45, 2.75) is 180 Å². The number of ether oxygens (including phenoxy) is 7. The number of allylic oxidation sites excluding steroid dienone is 7. The monoisotopic (exact) mass is 1060 g/mol. The van der Waals surface area contributed by atoms with E-state index in [4.69, 9.17) is 38.1 Å². The molecule has 1 saturated carbocycles. The Kier molecular flexibility index (Phi) is 24.1. The fourth-order valence-corrected chi connectivity index (χ4v) is 11.4. The van der Waals surface area contributed by atoms with Crippen molar-refractivity contribution in [1.82, 2.24) is 9.88 Å². The van der Waals surface area contributed by atoms with E-state index in [1.807, 2.05) is 58.1 Å². The maximum absolute atomic E-state index is 14.6. The van der Waals surface area contributed by atoms with Crippen molar-refractivity contribution < 1.29 is 72.5 Å². The van der Waals surface area contributed by atoms with E-state index in [9.17, 15) is 39.3 Å². The summed E-state index contributed by atoms with van der Waals surface area (Å²) in [4.78, 5) is 77.9. The minimum absolute atomic E-state index is 0.0324. The van der Waals surface area contributed by atoms with Gasteiger partial charge < -0.3 is 53.4 Å². The van der Waals surface area contributed by atoms with Gasteiger partial charge in [0.1, 0.15) is 48.2 Å². The lowest BCUT2D eigenvalue weighted by molar-refractivity contribution is -0.264. The number of aromatic nitrogens is 1. The lowest BCUT2D eigenvalue weighted by Gasteiger charge is -2.43. The van der Waals surface area contributed by atoms with E-state index in [-0.39, 0.29) is 61.2 Å². The number of carbonyl (C=O) groups excluding carboxylic acids is 5. The average molecular weight is 1070 g/mol. The predicted molar refractivity (Wildman–Crippen MR) is 285 cm³/mol. The largest absolute Gasteiger partial charge is 0.495 e. The number of Topliss-reactive ketones (excluding diaryl/α,β-unsaturated/α-hetero) is 3. The van der Waals surface area contributed by atoms with Gasteiger partial charge in [0.15, 0.2) is 5.78 Å². The van der Waals surface area contributed by atoms with E-state index in [1.165, 1.54) is 19.1 Å². The first-order valence-corrected chi connectivity index (χ1v) is 27.5. The molecule has 0 spiro atoms. The summed E-state index contributed by atoms with van der Waals surface area (Å²) in [6.07, 6.45) is 12.6. The molecule has 3 aliphatic heterocycles. The van der Waals surface area contributed by atoms with Crippen LogP contribution in [0, 0.1) is 35.5 Å². The molecule has 5 rings (SSSR count). The molecule has 76 heavy (non-hydrogen) atoms. The number of ketones is 3. The number of pyridine rings is 1. The van der Waals surface area contributed by atoms with Crippen LogP contribution in [0.2, 0.25) is 0 Å². The zero-order valence-corrected chi connectivity index (χ0v) is 46.9. The number of rotatable bonds is 11. The van der Waals surface area contributed by atoms with Crippen LogP contribution in [0.4, 0.5) is 0 Å². The molecule has 1 aromatic heterocycles. The molecule has 15 atom stereocenters. The fourth-order valence-electron chi connectivity index (χ4n) is 11.4. The molecule has 3 fully saturated rings. The van der Waals surface area contributed by atoms with E-state index >= 15 is 0 Å². The number of hydrogen-bond acceptors (Lipinski definition) is 16. The van der Waals surface area contributed by atoms with Crippen LogP contribution >= 0.6 is 0 Å². The molecule has 1 unspecified atom stereocenters. The second-order valence-electron chi connectivity index (χ2n) is 22.0. The lowest BCUT2D eigenvalue weighted by atomic mass is 9.78. The Bertz CT molecular complexity index is 2240. The highest BCUT2D eigenvalue weighted by Crippen LogP contribution is 2.42. The highest BCUT2D eigenvalue weighted by Gasteiger charge is 2.53. The Morgan fingerprint density at radius 2 is 1.62 bits per heavy atom.